The van der Waals surface area contributed by atoms with Crippen LogP contribution in [0.3, 0.4) is 0 Å². The first-order chi connectivity index (χ1) is 5.75. The number of halogens is 1. The Bertz CT molecular complexity index is 277. The molecule has 2 heteroatoms. The van der Waals surface area contributed by atoms with Crippen LogP contribution in [0.2, 0.25) is 0 Å². The first kappa shape index (κ1) is 9.55. The smallest absolute Gasteiger partial charge is 0.0408 e. The summed E-state index contributed by atoms with van der Waals surface area (Å²) in [5, 5.41) is 2.33. The second-order valence-corrected chi connectivity index (χ2v) is 4.21. The van der Waals surface area contributed by atoms with Crippen LogP contribution in [0.25, 0.3) is 5.20 Å². The average Bonchev–Trinajstić information content (AvgIpc) is 2.17. The second kappa shape index (κ2) is 4.48. The van der Waals surface area contributed by atoms with E-state index in [4.69, 9.17) is 11.6 Å². The zero-order chi connectivity index (χ0) is 8.97. The maximum Gasteiger partial charge on any atom is 0.0408 e. The molecule has 0 amide bonds. The molecule has 0 bridgehead atoms. The van der Waals surface area contributed by atoms with Crippen molar-refractivity contribution in [3.05, 3.63) is 40.9 Å². The number of benzene rings is 1. The summed E-state index contributed by atoms with van der Waals surface area (Å²) in [6.45, 7) is 2.09. The summed E-state index contributed by atoms with van der Waals surface area (Å²) in [6.07, 6.45) is 0.940. The number of rotatable bonds is 2. The molecule has 0 fully saturated rings. The van der Waals surface area contributed by atoms with Crippen LogP contribution in [0, 0.1) is 0 Å². The highest BCUT2D eigenvalue weighted by Gasteiger charge is 1.98. The molecule has 0 N–H and O–H groups in total. The zero-order valence-electron chi connectivity index (χ0n) is 7.47. The maximum atomic E-state index is 6.06. The molecule has 0 atom stereocenters. The van der Waals surface area contributed by atoms with Crippen molar-refractivity contribution in [1.29, 1.82) is 0 Å². The maximum absolute atomic E-state index is 6.06. The SMILES string of the molecule is CCC(Cl)=C([SiH3])c1ccccc1. The minimum absolute atomic E-state index is 0.940. The lowest BCUT2D eigenvalue weighted by molar-refractivity contribution is 1.20. The Morgan fingerprint density at radius 2 is 1.92 bits per heavy atom. The van der Waals surface area contributed by atoms with E-state index < -0.39 is 0 Å². The van der Waals surface area contributed by atoms with E-state index in [9.17, 15) is 0 Å². The molecule has 64 valence electrons. The summed E-state index contributed by atoms with van der Waals surface area (Å²) in [4.78, 5) is 0. The number of hydrogen-bond donors (Lipinski definition) is 0. The molecular formula is C10H13ClSi. The van der Waals surface area contributed by atoms with Crippen molar-refractivity contribution >= 4 is 27.0 Å². The van der Waals surface area contributed by atoms with Crippen molar-refractivity contribution in [1.82, 2.24) is 0 Å². The molecule has 0 nitrogen and oxygen atoms in total. The van der Waals surface area contributed by atoms with Gasteiger partial charge in [-0.2, -0.15) is 0 Å². The van der Waals surface area contributed by atoms with E-state index in [0.717, 1.165) is 21.7 Å². The predicted molar refractivity (Wildman–Crippen MR) is 59.4 cm³/mol. The quantitative estimate of drug-likeness (QED) is 0.638. The molecule has 0 saturated carbocycles. The van der Waals surface area contributed by atoms with E-state index in [1.807, 2.05) is 18.2 Å². The van der Waals surface area contributed by atoms with Gasteiger partial charge in [-0.3, -0.25) is 0 Å². The summed E-state index contributed by atoms with van der Waals surface area (Å²) in [7, 11) is 1.02. The van der Waals surface area contributed by atoms with Crippen LogP contribution in [0.5, 0.6) is 0 Å². The van der Waals surface area contributed by atoms with Crippen LogP contribution in [0.15, 0.2) is 35.4 Å². The van der Waals surface area contributed by atoms with Crippen molar-refractivity contribution in [3.63, 3.8) is 0 Å². The minimum Gasteiger partial charge on any atom is -0.0893 e. The highest BCUT2D eigenvalue weighted by molar-refractivity contribution is 6.50. The Morgan fingerprint density at radius 3 is 2.42 bits per heavy atom. The molecule has 0 saturated heterocycles. The number of hydrogen-bond acceptors (Lipinski definition) is 0. The van der Waals surface area contributed by atoms with Gasteiger partial charge < -0.3 is 0 Å². The zero-order valence-corrected chi connectivity index (χ0v) is 10.2. The van der Waals surface area contributed by atoms with Crippen LogP contribution in [0.1, 0.15) is 18.9 Å². The van der Waals surface area contributed by atoms with Crippen molar-refractivity contribution in [2.75, 3.05) is 0 Å². The van der Waals surface area contributed by atoms with Crippen molar-refractivity contribution in [2.24, 2.45) is 0 Å². The monoisotopic (exact) mass is 196 g/mol. The second-order valence-electron chi connectivity index (χ2n) is 2.75. The number of allylic oxidation sites excluding steroid dienone is 1. The molecule has 0 aromatic heterocycles. The first-order valence-corrected chi connectivity index (χ1v) is 5.54. The summed E-state index contributed by atoms with van der Waals surface area (Å²) in [5.74, 6) is 0. The molecule has 1 aromatic rings. The van der Waals surface area contributed by atoms with E-state index in [1.165, 1.54) is 10.8 Å². The van der Waals surface area contributed by atoms with Gasteiger partial charge in [0.2, 0.25) is 0 Å². The standard InChI is InChI=1S/C10H13ClSi/c1-2-9(11)10(12)8-6-4-3-5-7-8/h3-7H,2H2,1,12H3. The van der Waals surface area contributed by atoms with E-state index in [0.29, 0.717) is 0 Å². The highest BCUT2D eigenvalue weighted by Crippen LogP contribution is 2.19. The summed E-state index contributed by atoms with van der Waals surface area (Å²) in [6, 6.07) is 10.3. The van der Waals surface area contributed by atoms with Crippen LogP contribution in [-0.4, -0.2) is 10.2 Å². The van der Waals surface area contributed by atoms with Gasteiger partial charge in [-0.25, -0.2) is 0 Å². The van der Waals surface area contributed by atoms with Crippen molar-refractivity contribution < 1.29 is 0 Å². The highest BCUT2D eigenvalue weighted by atomic mass is 35.5. The molecule has 0 heterocycles. The van der Waals surface area contributed by atoms with Crippen molar-refractivity contribution in [3.8, 4) is 0 Å². The first-order valence-electron chi connectivity index (χ1n) is 4.16. The van der Waals surface area contributed by atoms with Gasteiger partial charge in [0, 0.05) is 15.3 Å². The Hall–Kier alpha value is -0.533. The van der Waals surface area contributed by atoms with Crippen molar-refractivity contribution in [2.45, 2.75) is 13.3 Å². The fourth-order valence-electron chi connectivity index (χ4n) is 1.11. The molecule has 0 aliphatic carbocycles. The minimum atomic E-state index is 0.940. The molecule has 0 aliphatic rings. The molecule has 1 aromatic carbocycles. The van der Waals surface area contributed by atoms with Crippen LogP contribution < -0.4 is 0 Å². The Morgan fingerprint density at radius 1 is 1.33 bits per heavy atom. The third-order valence-electron chi connectivity index (χ3n) is 1.92. The van der Waals surface area contributed by atoms with Gasteiger partial charge >= 0.3 is 0 Å². The fraction of sp³-hybridized carbons (Fsp3) is 0.200. The van der Waals surface area contributed by atoms with Gasteiger partial charge in [-0.15, -0.1) is 0 Å². The van der Waals surface area contributed by atoms with Gasteiger partial charge in [0.15, 0.2) is 0 Å². The van der Waals surface area contributed by atoms with Crippen LogP contribution in [0.4, 0.5) is 0 Å². The third-order valence-corrected chi connectivity index (χ3v) is 3.97. The predicted octanol–water partition coefficient (Wildman–Crippen LogP) is 2.37. The Labute approximate surface area is 81.7 Å². The van der Waals surface area contributed by atoms with Crippen LogP contribution >= 0.6 is 11.6 Å². The molecule has 0 spiro atoms. The Balaban J connectivity index is 3.00. The van der Waals surface area contributed by atoms with E-state index in [1.54, 1.807) is 0 Å². The lowest BCUT2D eigenvalue weighted by Crippen LogP contribution is -1.85. The molecular weight excluding hydrogens is 184 g/mol. The topological polar surface area (TPSA) is 0 Å². The largest absolute Gasteiger partial charge is 0.0893 e. The molecule has 1 rings (SSSR count). The van der Waals surface area contributed by atoms with E-state index in [-0.39, 0.29) is 0 Å². The third kappa shape index (κ3) is 2.22. The molecule has 0 aliphatic heterocycles. The fourth-order valence-corrected chi connectivity index (χ4v) is 1.91. The summed E-state index contributed by atoms with van der Waals surface area (Å²) in [5.41, 5.74) is 1.27. The summed E-state index contributed by atoms with van der Waals surface area (Å²) >= 11 is 6.06. The van der Waals surface area contributed by atoms with Gasteiger partial charge in [0.25, 0.3) is 0 Å². The molecule has 0 radical (unpaired) electrons. The van der Waals surface area contributed by atoms with Gasteiger partial charge in [0.1, 0.15) is 0 Å². The lowest BCUT2D eigenvalue weighted by Gasteiger charge is -2.03. The Kier molecular flexibility index (Phi) is 3.57. The van der Waals surface area contributed by atoms with Gasteiger partial charge in [-0.1, -0.05) is 48.9 Å². The van der Waals surface area contributed by atoms with Gasteiger partial charge in [-0.05, 0) is 17.2 Å². The molecule has 12 heavy (non-hydrogen) atoms. The normalized spacial score (nSPS) is 12.8. The van der Waals surface area contributed by atoms with Crippen LogP contribution in [-0.2, 0) is 0 Å². The van der Waals surface area contributed by atoms with E-state index >= 15 is 0 Å². The lowest BCUT2D eigenvalue weighted by atomic mass is 10.2. The van der Waals surface area contributed by atoms with E-state index in [2.05, 4.69) is 19.1 Å². The summed E-state index contributed by atoms with van der Waals surface area (Å²) < 4.78 is 0. The van der Waals surface area contributed by atoms with Gasteiger partial charge in [0.05, 0.1) is 0 Å². The average molecular weight is 197 g/mol. The molecule has 0 unspecified atom stereocenters.